The van der Waals surface area contributed by atoms with E-state index in [1.807, 2.05) is 0 Å². The molecule has 1 nitrogen and oxygen atoms in total. The zero-order chi connectivity index (χ0) is 28.1. The number of benzene rings is 8. The third-order valence-electron chi connectivity index (χ3n) is 9.52. The summed E-state index contributed by atoms with van der Waals surface area (Å²) in [5.74, 6) is 0. The van der Waals surface area contributed by atoms with E-state index in [0.29, 0.717) is 0 Å². The van der Waals surface area contributed by atoms with Crippen molar-refractivity contribution in [3.8, 4) is 39.1 Å². The minimum absolute atomic E-state index is 1.18. The number of fused-ring (bicyclic) bond motifs is 10. The van der Waals surface area contributed by atoms with Crippen LogP contribution in [0, 0.1) is 0 Å². The van der Waals surface area contributed by atoms with Gasteiger partial charge in [-0.05, 0) is 90.0 Å². The Labute approximate surface area is 248 Å². The molecule has 0 amide bonds. The topological polar surface area (TPSA) is 4.93 Å². The molecular formula is C42H25N. The first-order valence-corrected chi connectivity index (χ1v) is 15.0. The van der Waals surface area contributed by atoms with Crippen LogP contribution in [0.5, 0.6) is 0 Å². The van der Waals surface area contributed by atoms with Crippen molar-refractivity contribution < 1.29 is 0 Å². The molecule has 0 unspecified atom stereocenters. The Bertz CT molecular complexity index is 2590. The number of hydrogen-bond donors (Lipinski definition) is 0. The van der Waals surface area contributed by atoms with Crippen molar-refractivity contribution in [3.63, 3.8) is 0 Å². The fourth-order valence-electron chi connectivity index (χ4n) is 7.71. The molecule has 1 aromatic heterocycles. The van der Waals surface area contributed by atoms with Gasteiger partial charge in [0.25, 0.3) is 0 Å². The molecule has 1 aliphatic rings. The van der Waals surface area contributed by atoms with Crippen LogP contribution in [0.15, 0.2) is 152 Å². The molecule has 0 atom stereocenters. The molecule has 43 heavy (non-hydrogen) atoms. The van der Waals surface area contributed by atoms with Crippen LogP contribution >= 0.6 is 0 Å². The Morgan fingerprint density at radius 2 is 1.00 bits per heavy atom. The summed E-state index contributed by atoms with van der Waals surface area (Å²) in [5, 5.41) is 10.4. The van der Waals surface area contributed by atoms with Gasteiger partial charge in [0.1, 0.15) is 0 Å². The van der Waals surface area contributed by atoms with E-state index < -0.39 is 0 Å². The van der Waals surface area contributed by atoms with E-state index in [0.717, 1.165) is 0 Å². The summed E-state index contributed by atoms with van der Waals surface area (Å²) in [6, 6.07) is 56.0. The van der Waals surface area contributed by atoms with Crippen molar-refractivity contribution in [1.29, 1.82) is 0 Å². The largest absolute Gasteiger partial charge is 0.309 e. The number of rotatable bonds is 2. The maximum atomic E-state index is 2.44. The second-order valence-electron chi connectivity index (χ2n) is 11.7. The fraction of sp³-hybridized carbons (Fsp3) is 0. The van der Waals surface area contributed by atoms with Gasteiger partial charge in [0.2, 0.25) is 0 Å². The van der Waals surface area contributed by atoms with Crippen LogP contribution in [0.4, 0.5) is 0 Å². The molecule has 10 rings (SSSR count). The highest BCUT2D eigenvalue weighted by Gasteiger charge is 2.22. The van der Waals surface area contributed by atoms with E-state index in [1.165, 1.54) is 93.2 Å². The summed E-state index contributed by atoms with van der Waals surface area (Å²) in [6.45, 7) is 0. The molecule has 0 aliphatic heterocycles. The predicted molar refractivity (Wildman–Crippen MR) is 183 cm³/mol. The normalized spacial score (nSPS) is 12.2. The highest BCUT2D eigenvalue weighted by atomic mass is 15.0. The summed E-state index contributed by atoms with van der Waals surface area (Å²) in [4.78, 5) is 0. The zero-order valence-electron chi connectivity index (χ0n) is 23.4. The highest BCUT2D eigenvalue weighted by molar-refractivity contribution is 6.25. The van der Waals surface area contributed by atoms with Crippen LogP contribution in [0.1, 0.15) is 0 Å². The molecule has 8 aromatic carbocycles. The third kappa shape index (κ3) is 3.06. The van der Waals surface area contributed by atoms with Crippen molar-refractivity contribution in [2.45, 2.75) is 0 Å². The third-order valence-corrected chi connectivity index (χ3v) is 9.52. The fourth-order valence-corrected chi connectivity index (χ4v) is 7.71. The maximum Gasteiger partial charge on any atom is 0.0547 e. The van der Waals surface area contributed by atoms with E-state index in [1.54, 1.807) is 0 Å². The molecule has 1 heterocycles. The molecule has 0 bridgehead atoms. The molecule has 0 saturated heterocycles. The lowest BCUT2D eigenvalue weighted by Gasteiger charge is -2.13. The van der Waals surface area contributed by atoms with Gasteiger partial charge in [-0.3, -0.25) is 0 Å². The minimum atomic E-state index is 1.18. The van der Waals surface area contributed by atoms with E-state index in [-0.39, 0.29) is 0 Å². The quantitative estimate of drug-likeness (QED) is 0.191. The lowest BCUT2D eigenvalue weighted by atomic mass is 9.94. The molecule has 198 valence electrons. The standard InChI is InChI=1S/C42H25N/c1-2-12-29-26(9-1)19-20-37-33(29)23-24-40-42(37)38-15-5-6-18-39(38)43(40)28-11-7-10-27(25-28)30-21-22-36-32-14-4-3-13-31(32)35-17-8-16-34(30)41(35)36/h1-25H. The first-order valence-electron chi connectivity index (χ1n) is 15.0. The van der Waals surface area contributed by atoms with Gasteiger partial charge in [0.05, 0.1) is 11.0 Å². The van der Waals surface area contributed by atoms with Crippen LogP contribution < -0.4 is 0 Å². The Morgan fingerprint density at radius 1 is 0.326 bits per heavy atom. The predicted octanol–water partition coefficient (Wildman–Crippen LogP) is 11.6. The smallest absolute Gasteiger partial charge is 0.0547 e. The Morgan fingerprint density at radius 3 is 1.91 bits per heavy atom. The second kappa shape index (κ2) is 8.44. The second-order valence-corrected chi connectivity index (χ2v) is 11.7. The monoisotopic (exact) mass is 543 g/mol. The highest BCUT2D eigenvalue weighted by Crippen LogP contribution is 2.49. The Kier molecular flexibility index (Phi) is 4.51. The molecule has 0 saturated carbocycles. The molecule has 9 aromatic rings. The summed E-state index contributed by atoms with van der Waals surface area (Å²) in [6.07, 6.45) is 0. The molecule has 0 spiro atoms. The lowest BCUT2D eigenvalue weighted by Crippen LogP contribution is -1.94. The summed E-state index contributed by atoms with van der Waals surface area (Å²) < 4.78 is 2.44. The van der Waals surface area contributed by atoms with Crippen LogP contribution in [-0.2, 0) is 0 Å². The van der Waals surface area contributed by atoms with E-state index >= 15 is 0 Å². The van der Waals surface area contributed by atoms with Crippen LogP contribution in [0.25, 0.3) is 93.2 Å². The van der Waals surface area contributed by atoms with Gasteiger partial charge in [-0.25, -0.2) is 0 Å². The minimum Gasteiger partial charge on any atom is -0.309 e. The van der Waals surface area contributed by atoms with E-state index in [2.05, 4.69) is 156 Å². The zero-order valence-corrected chi connectivity index (χ0v) is 23.4. The van der Waals surface area contributed by atoms with Gasteiger partial charge in [0.15, 0.2) is 0 Å². The van der Waals surface area contributed by atoms with E-state index in [9.17, 15) is 0 Å². The Balaban J connectivity index is 1.23. The van der Waals surface area contributed by atoms with Gasteiger partial charge < -0.3 is 4.57 Å². The van der Waals surface area contributed by atoms with Crippen molar-refractivity contribution in [2.75, 3.05) is 0 Å². The molecule has 0 fully saturated rings. The SMILES string of the molecule is c1cc(-c2ccc3c4c(cccc24)-c2ccccc2-3)cc(-n2c3ccccc3c3c4ccc5ccccc5c4ccc32)c1. The molecule has 1 aliphatic carbocycles. The summed E-state index contributed by atoms with van der Waals surface area (Å²) >= 11 is 0. The van der Waals surface area contributed by atoms with E-state index in [4.69, 9.17) is 0 Å². The molecule has 1 heteroatoms. The van der Waals surface area contributed by atoms with Gasteiger partial charge >= 0.3 is 0 Å². The lowest BCUT2D eigenvalue weighted by molar-refractivity contribution is 1.18. The first-order chi connectivity index (χ1) is 21.3. The average Bonchev–Trinajstić information content (AvgIpc) is 3.59. The number of aromatic nitrogens is 1. The van der Waals surface area contributed by atoms with Crippen molar-refractivity contribution >= 4 is 54.1 Å². The number of nitrogens with zero attached hydrogens (tertiary/aromatic N) is 1. The van der Waals surface area contributed by atoms with Crippen LogP contribution in [0.2, 0.25) is 0 Å². The van der Waals surface area contributed by atoms with Gasteiger partial charge in [-0.15, -0.1) is 0 Å². The first kappa shape index (κ1) is 23.0. The average molecular weight is 544 g/mol. The molecule has 0 radical (unpaired) electrons. The number of para-hydroxylation sites is 1. The van der Waals surface area contributed by atoms with Crippen molar-refractivity contribution in [2.24, 2.45) is 0 Å². The number of hydrogen-bond acceptors (Lipinski definition) is 0. The van der Waals surface area contributed by atoms with Crippen LogP contribution in [-0.4, -0.2) is 4.57 Å². The van der Waals surface area contributed by atoms with Crippen molar-refractivity contribution in [1.82, 2.24) is 4.57 Å². The summed E-state index contributed by atoms with van der Waals surface area (Å²) in [5.41, 5.74) is 11.5. The van der Waals surface area contributed by atoms with Gasteiger partial charge in [-0.1, -0.05) is 127 Å². The molecule has 0 N–H and O–H groups in total. The van der Waals surface area contributed by atoms with Gasteiger partial charge in [0, 0.05) is 16.5 Å². The Hall–Kier alpha value is -5.66. The summed E-state index contributed by atoms with van der Waals surface area (Å²) in [7, 11) is 0. The van der Waals surface area contributed by atoms with Gasteiger partial charge in [-0.2, -0.15) is 0 Å². The van der Waals surface area contributed by atoms with Crippen molar-refractivity contribution in [3.05, 3.63) is 152 Å². The molecular weight excluding hydrogens is 518 g/mol. The maximum absolute atomic E-state index is 2.44. The van der Waals surface area contributed by atoms with Crippen LogP contribution in [0.3, 0.4) is 0 Å².